The van der Waals surface area contributed by atoms with Crippen molar-refractivity contribution in [2.75, 3.05) is 13.6 Å². The summed E-state index contributed by atoms with van der Waals surface area (Å²) in [5.41, 5.74) is 5.79. The van der Waals surface area contributed by atoms with E-state index in [0.717, 1.165) is 22.6 Å². The van der Waals surface area contributed by atoms with Crippen molar-refractivity contribution in [3.05, 3.63) is 21.9 Å². The van der Waals surface area contributed by atoms with Gasteiger partial charge in [-0.15, -0.1) is 11.3 Å². The summed E-state index contributed by atoms with van der Waals surface area (Å²) in [4.78, 5) is 16.1. The predicted molar refractivity (Wildman–Crippen MR) is 88.4 cm³/mol. The van der Waals surface area contributed by atoms with Crippen LogP contribution in [-0.4, -0.2) is 30.4 Å². The molecule has 1 heterocycles. The summed E-state index contributed by atoms with van der Waals surface area (Å²) in [6, 6.07) is 4.14. The fourth-order valence-corrected chi connectivity index (χ4v) is 3.63. The summed E-state index contributed by atoms with van der Waals surface area (Å²) >= 11 is 1.45. The Hall–Kier alpha value is -1.31. The smallest absolute Gasteiger partial charge is 0.263 e. The minimum atomic E-state index is 0.116. The van der Waals surface area contributed by atoms with Gasteiger partial charge in [-0.25, -0.2) is 0 Å². The lowest BCUT2D eigenvalue weighted by molar-refractivity contribution is 0.0640. The molecule has 2 rings (SSSR count). The van der Waals surface area contributed by atoms with Crippen LogP contribution in [0.5, 0.6) is 0 Å². The van der Waals surface area contributed by atoms with Crippen LogP contribution < -0.4 is 5.73 Å². The Bertz CT molecular complexity index is 555. The Morgan fingerprint density at radius 2 is 2.10 bits per heavy atom. The zero-order valence-corrected chi connectivity index (χ0v) is 13.9. The van der Waals surface area contributed by atoms with Crippen molar-refractivity contribution in [3.63, 3.8) is 0 Å². The minimum absolute atomic E-state index is 0.116. The molecule has 0 spiro atoms. The van der Waals surface area contributed by atoms with E-state index in [1.54, 1.807) is 0 Å². The first-order valence-electron chi connectivity index (χ1n) is 7.49. The maximum atomic E-state index is 12.6. The monoisotopic (exact) mass is 304 g/mol. The Morgan fingerprint density at radius 3 is 2.71 bits per heavy atom. The van der Waals surface area contributed by atoms with Gasteiger partial charge >= 0.3 is 0 Å². The Balaban J connectivity index is 2.01. The number of nitrogens with zero attached hydrogens (tertiary/aromatic N) is 1. The lowest BCUT2D eigenvalue weighted by atomic mass is 9.75. The van der Waals surface area contributed by atoms with Crippen molar-refractivity contribution in [3.8, 4) is 11.8 Å². The number of hydrogen-bond donors (Lipinski definition) is 1. The lowest BCUT2D eigenvalue weighted by Gasteiger charge is -2.38. The van der Waals surface area contributed by atoms with Gasteiger partial charge in [0.25, 0.3) is 5.91 Å². The average molecular weight is 304 g/mol. The molecule has 0 radical (unpaired) electrons. The fraction of sp³-hybridized carbons (Fsp3) is 0.588. The first kappa shape index (κ1) is 16.1. The van der Waals surface area contributed by atoms with Crippen LogP contribution in [0.3, 0.4) is 0 Å². The van der Waals surface area contributed by atoms with Gasteiger partial charge in [0.15, 0.2) is 0 Å². The van der Waals surface area contributed by atoms with Crippen molar-refractivity contribution >= 4 is 17.2 Å². The third-order valence-electron chi connectivity index (χ3n) is 4.31. The highest BCUT2D eigenvalue weighted by atomic mass is 32.1. The lowest BCUT2D eigenvalue weighted by Crippen LogP contribution is -2.40. The summed E-state index contributed by atoms with van der Waals surface area (Å²) in [5, 5.41) is 0. The van der Waals surface area contributed by atoms with E-state index in [2.05, 4.69) is 25.7 Å². The van der Waals surface area contributed by atoms with Crippen LogP contribution in [0.2, 0.25) is 0 Å². The summed E-state index contributed by atoms with van der Waals surface area (Å²) in [7, 11) is 1.93. The molecule has 1 amide bonds. The maximum Gasteiger partial charge on any atom is 0.263 e. The van der Waals surface area contributed by atoms with Crippen LogP contribution in [0.25, 0.3) is 0 Å². The number of amides is 1. The van der Waals surface area contributed by atoms with E-state index >= 15 is 0 Å². The molecule has 21 heavy (non-hydrogen) atoms. The molecule has 0 aliphatic heterocycles. The molecular weight excluding hydrogens is 280 g/mol. The molecule has 0 unspecified atom stereocenters. The molecule has 0 atom stereocenters. The zero-order chi connectivity index (χ0) is 15.5. The Kier molecular flexibility index (Phi) is 5.08. The summed E-state index contributed by atoms with van der Waals surface area (Å²) < 4.78 is 0. The highest BCUT2D eigenvalue weighted by Crippen LogP contribution is 2.37. The SMILES string of the molecule is CN(C(=O)c1ccc(C#CCN)s1)C1CCC(C)(C)CC1. The second kappa shape index (κ2) is 6.64. The summed E-state index contributed by atoms with van der Waals surface area (Å²) in [6.45, 7) is 4.97. The molecule has 0 bridgehead atoms. The highest BCUT2D eigenvalue weighted by Gasteiger charge is 2.31. The molecule has 1 saturated carbocycles. The van der Waals surface area contributed by atoms with Crippen LogP contribution in [-0.2, 0) is 0 Å². The second-order valence-electron chi connectivity index (χ2n) is 6.48. The van der Waals surface area contributed by atoms with Crippen LogP contribution in [0.4, 0.5) is 0 Å². The number of carbonyl (C=O) groups excluding carboxylic acids is 1. The molecule has 1 aliphatic rings. The average Bonchev–Trinajstić information content (AvgIpc) is 2.92. The van der Waals surface area contributed by atoms with Crippen LogP contribution >= 0.6 is 11.3 Å². The van der Waals surface area contributed by atoms with Crippen molar-refractivity contribution in [2.24, 2.45) is 11.1 Å². The van der Waals surface area contributed by atoms with Gasteiger partial charge in [-0.2, -0.15) is 0 Å². The number of hydrogen-bond acceptors (Lipinski definition) is 3. The summed E-state index contributed by atoms with van der Waals surface area (Å²) in [6.07, 6.45) is 4.57. The predicted octanol–water partition coefficient (Wildman–Crippen LogP) is 3.10. The first-order valence-corrected chi connectivity index (χ1v) is 8.30. The van der Waals surface area contributed by atoms with Crippen molar-refractivity contribution in [1.82, 2.24) is 4.90 Å². The van der Waals surface area contributed by atoms with Crippen molar-refractivity contribution < 1.29 is 4.79 Å². The van der Waals surface area contributed by atoms with Crippen molar-refractivity contribution in [2.45, 2.75) is 45.6 Å². The van der Waals surface area contributed by atoms with E-state index in [4.69, 9.17) is 5.73 Å². The topological polar surface area (TPSA) is 46.3 Å². The van der Waals surface area contributed by atoms with Gasteiger partial charge in [-0.1, -0.05) is 25.7 Å². The molecule has 4 heteroatoms. The van der Waals surface area contributed by atoms with Gasteiger partial charge in [0.2, 0.25) is 0 Å². The van der Waals surface area contributed by atoms with E-state index in [-0.39, 0.29) is 5.91 Å². The van der Waals surface area contributed by atoms with Crippen molar-refractivity contribution in [1.29, 1.82) is 0 Å². The van der Waals surface area contributed by atoms with Gasteiger partial charge in [0.1, 0.15) is 0 Å². The molecule has 0 saturated heterocycles. The van der Waals surface area contributed by atoms with E-state index in [1.165, 1.54) is 24.2 Å². The number of rotatable bonds is 2. The Morgan fingerprint density at radius 1 is 1.43 bits per heavy atom. The number of nitrogens with two attached hydrogens (primary N) is 1. The molecule has 114 valence electrons. The largest absolute Gasteiger partial charge is 0.338 e. The molecule has 1 fully saturated rings. The van der Waals surface area contributed by atoms with Gasteiger partial charge in [-0.05, 0) is 43.2 Å². The van der Waals surface area contributed by atoms with E-state index in [1.807, 2.05) is 24.1 Å². The van der Waals surface area contributed by atoms with Gasteiger partial charge < -0.3 is 10.6 Å². The van der Waals surface area contributed by atoms with E-state index in [0.29, 0.717) is 18.0 Å². The number of thiophene rings is 1. The quantitative estimate of drug-likeness (QED) is 0.853. The summed E-state index contributed by atoms with van der Waals surface area (Å²) in [5.74, 6) is 5.92. The standard InChI is InChI=1S/C17H24N2OS/c1-17(2)10-8-13(9-11-17)19(3)16(20)15-7-6-14(21-15)5-4-12-18/h6-7,13H,8-12,18H2,1-3H3. The van der Waals surface area contributed by atoms with E-state index in [9.17, 15) is 4.79 Å². The van der Waals surface area contributed by atoms with E-state index < -0.39 is 0 Å². The second-order valence-corrected chi connectivity index (χ2v) is 7.57. The highest BCUT2D eigenvalue weighted by molar-refractivity contribution is 7.14. The molecular formula is C17H24N2OS. The normalized spacial score (nSPS) is 17.9. The van der Waals surface area contributed by atoms with Crippen LogP contribution in [0.15, 0.2) is 12.1 Å². The molecule has 1 aromatic rings. The minimum Gasteiger partial charge on any atom is -0.338 e. The third-order valence-corrected chi connectivity index (χ3v) is 5.30. The van der Waals surface area contributed by atoms with Gasteiger partial charge in [-0.3, -0.25) is 4.79 Å². The molecule has 0 aromatic carbocycles. The first-order chi connectivity index (χ1) is 9.93. The molecule has 1 aliphatic carbocycles. The fourth-order valence-electron chi connectivity index (χ4n) is 2.77. The maximum absolute atomic E-state index is 12.6. The number of carbonyl (C=O) groups is 1. The zero-order valence-electron chi connectivity index (χ0n) is 13.1. The van der Waals surface area contributed by atoms with Gasteiger partial charge in [0.05, 0.1) is 16.3 Å². The molecule has 1 aromatic heterocycles. The van der Waals surface area contributed by atoms with Gasteiger partial charge in [0, 0.05) is 13.1 Å². The van der Waals surface area contributed by atoms with Crippen LogP contribution in [0, 0.1) is 17.3 Å². The molecule has 2 N–H and O–H groups in total. The Labute approximate surface area is 131 Å². The van der Waals surface area contributed by atoms with Crippen LogP contribution in [0.1, 0.15) is 54.1 Å². The molecule has 3 nitrogen and oxygen atoms in total. The third kappa shape index (κ3) is 4.09.